The van der Waals surface area contributed by atoms with Crippen molar-refractivity contribution in [3.05, 3.63) is 105 Å². The number of carbonyl (C=O) groups is 2. The van der Waals surface area contributed by atoms with E-state index >= 15 is 0 Å². The van der Waals surface area contributed by atoms with Crippen LogP contribution >= 0.6 is 69.6 Å². The maximum absolute atomic E-state index is 13.1. The number of sulfonamides is 2. The number of hydrogen-bond donors (Lipinski definition) is 1. The number of anilines is 2. The lowest BCUT2D eigenvalue weighted by molar-refractivity contribution is -0.138. The van der Waals surface area contributed by atoms with E-state index in [0.29, 0.717) is 16.4 Å². The molecule has 35 heteroatoms. The predicted molar refractivity (Wildman–Crippen MR) is 228 cm³/mol. The number of benzene rings is 2. The molecule has 0 spiro atoms. The molecule has 0 bridgehead atoms. The number of carbonyl (C=O) groups excluding carboxylic acids is 2. The Labute approximate surface area is 409 Å². The van der Waals surface area contributed by atoms with Crippen LogP contribution in [-0.2, 0) is 67.7 Å². The lowest BCUT2D eigenvalue weighted by atomic mass is 10.1. The first-order valence-corrected chi connectivity index (χ1v) is 24.3. The van der Waals surface area contributed by atoms with Crippen LogP contribution in [0.1, 0.15) is 43.2 Å². The van der Waals surface area contributed by atoms with Crippen LogP contribution in [0.25, 0.3) is 0 Å². The summed E-state index contributed by atoms with van der Waals surface area (Å²) in [6.07, 6.45) is -4.85. The first-order valence-electron chi connectivity index (χ1n) is 17.1. The van der Waals surface area contributed by atoms with Crippen molar-refractivity contribution in [3.8, 4) is 0 Å². The fourth-order valence-electron chi connectivity index (χ4n) is 4.46. The zero-order valence-corrected chi connectivity index (χ0v) is 40.4. The zero-order chi connectivity index (χ0) is 52.2. The van der Waals surface area contributed by atoms with Gasteiger partial charge in [-0.05, 0) is 47.5 Å². The number of nitrogens with zero attached hydrogens (tertiary/aromatic N) is 5. The Morgan fingerprint density at radius 2 is 1.10 bits per heavy atom. The quantitative estimate of drug-likeness (QED) is 0.0386. The molecule has 0 atom stereocenters. The van der Waals surface area contributed by atoms with Gasteiger partial charge in [0.2, 0.25) is 20.0 Å². The van der Waals surface area contributed by atoms with E-state index in [4.69, 9.17) is 69.6 Å². The molecule has 0 saturated heterocycles. The summed E-state index contributed by atoms with van der Waals surface area (Å²) in [5.41, 5.74) is -8.98. The van der Waals surface area contributed by atoms with Gasteiger partial charge in [-0.2, -0.15) is 47.9 Å². The van der Waals surface area contributed by atoms with Gasteiger partial charge in [0.05, 0.1) is 50.0 Å². The summed E-state index contributed by atoms with van der Waals surface area (Å²) in [6.45, 7) is -1.49. The number of hydrogen-bond acceptors (Lipinski definition) is 15. The van der Waals surface area contributed by atoms with Gasteiger partial charge in [-0.25, -0.2) is 50.7 Å². The number of rotatable bonds is 15. The summed E-state index contributed by atoms with van der Waals surface area (Å²) in [5.74, 6) is -4.61. The van der Waals surface area contributed by atoms with E-state index in [1.165, 1.54) is 0 Å². The number of ether oxygens (including phenoxy) is 2. The van der Waals surface area contributed by atoms with E-state index in [9.17, 15) is 74.4 Å². The summed E-state index contributed by atoms with van der Waals surface area (Å²) in [6, 6.07) is 4.62. The number of esters is 2. The summed E-state index contributed by atoms with van der Waals surface area (Å²) >= 11 is 33.1. The fourth-order valence-corrected chi connectivity index (χ4v) is 8.88. The van der Waals surface area contributed by atoms with Crippen molar-refractivity contribution in [1.29, 1.82) is 0 Å². The van der Waals surface area contributed by atoms with Crippen LogP contribution in [-0.4, -0.2) is 99.7 Å². The second kappa shape index (κ2) is 24.8. The molecule has 378 valence electrons. The number of methoxy groups -OCH3 is 2. The smallest absolute Gasteiger partial charge is 0.464 e. The molecule has 2 aromatic heterocycles. The van der Waals surface area contributed by atoms with Crippen LogP contribution in [0, 0.1) is 0 Å². The average molecular weight is 1160 g/mol. The van der Waals surface area contributed by atoms with E-state index < -0.39 is 128 Å². The molecule has 0 unspecified atom stereocenters. The van der Waals surface area contributed by atoms with Gasteiger partial charge in [0.25, 0.3) is 0 Å². The van der Waals surface area contributed by atoms with Crippen molar-refractivity contribution in [2.45, 2.75) is 39.0 Å². The Kier molecular flexibility index (Phi) is 21.9. The van der Waals surface area contributed by atoms with Crippen molar-refractivity contribution >= 4 is 123 Å². The first-order chi connectivity index (χ1) is 31.1. The Hall–Kier alpha value is -3.94. The third-order valence-corrected chi connectivity index (χ3v) is 12.5. The second-order valence-electron chi connectivity index (χ2n) is 12.2. The topological polar surface area (TPSA) is 231 Å². The maximum atomic E-state index is 13.1. The molecule has 68 heavy (non-hydrogen) atoms. The highest BCUT2D eigenvalue weighted by Gasteiger charge is 2.47. The lowest BCUT2D eigenvalue weighted by Gasteiger charge is -2.25. The van der Waals surface area contributed by atoms with E-state index in [1.807, 2.05) is 4.72 Å². The molecular formula is C33H27Cl6F9N6O11S3. The normalized spacial score (nSPS) is 12.3. The molecule has 0 amide bonds. The predicted octanol–water partition coefficient (Wildman–Crippen LogP) is 8.61. The van der Waals surface area contributed by atoms with Gasteiger partial charge >= 0.3 is 39.9 Å². The molecule has 2 aromatic carbocycles. The van der Waals surface area contributed by atoms with Crippen LogP contribution in [0.4, 0.5) is 51.1 Å². The molecule has 0 aliphatic heterocycles. The molecule has 0 radical (unpaired) electrons. The molecule has 0 aliphatic rings. The molecule has 0 aliphatic carbocycles. The van der Waals surface area contributed by atoms with Crippen LogP contribution in [0.3, 0.4) is 0 Å². The van der Waals surface area contributed by atoms with E-state index in [0.717, 1.165) is 63.3 Å². The Balaban J connectivity index is 0.000000381. The van der Waals surface area contributed by atoms with Gasteiger partial charge in [0.1, 0.15) is 9.67 Å². The summed E-state index contributed by atoms with van der Waals surface area (Å²) in [7, 11) is -12.2. The molecule has 17 nitrogen and oxygen atoms in total. The Morgan fingerprint density at radius 3 is 1.54 bits per heavy atom. The Morgan fingerprint density at radius 1 is 0.662 bits per heavy atom. The molecule has 4 rings (SSSR count). The molecule has 0 fully saturated rings. The van der Waals surface area contributed by atoms with Crippen molar-refractivity contribution in [3.63, 3.8) is 0 Å². The van der Waals surface area contributed by atoms with E-state index in [1.54, 1.807) is 0 Å². The number of halogens is 15. The number of nitrogens with one attached hydrogen (secondary N) is 1. The number of alkyl halides is 13. The standard InChI is InChI=1S/C16H13Cl3F3N3O4S.C14H11ClF3N3O4S.C3H3Cl2F3O3S/c1-29-15(26)13-14(24-5-4-23-13)25(7-12(18)19)30(27,28)8-9-6-10(16(20,21)22)2-3-11(9)17;1-25-13(22)11-12(20-5-4-19-11)21-26(23,24)7-8-6-9(14(16,17)18)2-3-10(8)15;4-2(5)1-11-12(9,10)3(6,7)8/h2-6,12H,7-8H2,1H3;2-6H,7H2,1H3,(H,20,21);2H,1H2. The minimum absolute atomic E-state index is 0.157. The fraction of sp³-hybridized carbons (Fsp3) is 0.333. The van der Waals surface area contributed by atoms with Crippen molar-refractivity contribution in [2.24, 2.45) is 0 Å². The monoisotopic (exact) mass is 1160 g/mol. The molecule has 1 N–H and O–H groups in total. The number of aromatic nitrogens is 4. The highest BCUT2D eigenvalue weighted by atomic mass is 35.5. The second-order valence-corrected chi connectivity index (χ2v) is 20.8. The maximum Gasteiger partial charge on any atom is 0.523 e. The third kappa shape index (κ3) is 18.4. The molecule has 0 saturated carbocycles. The summed E-state index contributed by atoms with van der Waals surface area (Å²) in [5, 5.41) is -0.358. The summed E-state index contributed by atoms with van der Waals surface area (Å²) < 4.78 is 198. The summed E-state index contributed by atoms with van der Waals surface area (Å²) in [4.78, 5) is 35.9. The van der Waals surface area contributed by atoms with Gasteiger partial charge in [0.15, 0.2) is 23.0 Å². The van der Waals surface area contributed by atoms with Gasteiger partial charge in [-0.15, -0.1) is 46.4 Å². The SMILES string of the molecule is COC(=O)c1nccnc1N(CC(Cl)Cl)S(=O)(=O)Cc1cc(C(F)(F)F)ccc1Cl.COC(=O)c1nccnc1NS(=O)(=O)Cc1cc(C(F)(F)F)ccc1Cl.O=S(=O)(OCC(Cl)Cl)C(F)(F)F. The van der Waals surface area contributed by atoms with Crippen LogP contribution in [0.2, 0.25) is 10.0 Å². The van der Waals surface area contributed by atoms with Gasteiger partial charge in [-0.3, -0.25) is 8.91 Å². The van der Waals surface area contributed by atoms with Crippen molar-refractivity contribution in [2.75, 3.05) is 36.4 Å². The average Bonchev–Trinajstić information content (AvgIpc) is 3.22. The minimum atomic E-state index is -5.56. The lowest BCUT2D eigenvalue weighted by Crippen LogP contribution is -2.37. The van der Waals surface area contributed by atoms with Crippen LogP contribution in [0.15, 0.2) is 61.2 Å². The third-order valence-electron chi connectivity index (χ3n) is 7.32. The van der Waals surface area contributed by atoms with Crippen molar-refractivity contribution < 1.29 is 88.0 Å². The minimum Gasteiger partial charge on any atom is -0.464 e. The van der Waals surface area contributed by atoms with Crippen molar-refractivity contribution in [1.82, 2.24) is 19.9 Å². The van der Waals surface area contributed by atoms with Gasteiger partial charge < -0.3 is 9.47 Å². The largest absolute Gasteiger partial charge is 0.523 e. The molecule has 4 aromatic rings. The molecular weight excluding hydrogens is 1140 g/mol. The zero-order valence-electron chi connectivity index (χ0n) is 33.4. The first kappa shape index (κ1) is 60.2. The molecule has 2 heterocycles. The van der Waals surface area contributed by atoms with Crippen LogP contribution in [0.5, 0.6) is 0 Å². The Bertz CT molecular complexity index is 2750. The highest BCUT2D eigenvalue weighted by Crippen LogP contribution is 2.35. The van der Waals surface area contributed by atoms with Gasteiger partial charge in [0, 0.05) is 34.8 Å². The van der Waals surface area contributed by atoms with E-state index in [2.05, 4.69) is 33.6 Å². The van der Waals surface area contributed by atoms with Crippen LogP contribution < -0.4 is 9.03 Å². The highest BCUT2D eigenvalue weighted by molar-refractivity contribution is 7.92. The van der Waals surface area contributed by atoms with E-state index in [-0.39, 0.29) is 21.2 Å². The van der Waals surface area contributed by atoms with Gasteiger partial charge in [-0.1, -0.05) is 23.2 Å².